The Labute approximate surface area is 293 Å². The summed E-state index contributed by atoms with van der Waals surface area (Å²) < 4.78 is 35.2. The molecule has 11 nitrogen and oxygen atoms in total. The summed E-state index contributed by atoms with van der Waals surface area (Å²) in [6.45, 7) is 0. The van der Waals surface area contributed by atoms with Crippen molar-refractivity contribution >= 4 is 83.8 Å². The van der Waals surface area contributed by atoms with Crippen molar-refractivity contribution in [3.63, 3.8) is 0 Å². The minimum atomic E-state index is -4.62. The van der Waals surface area contributed by atoms with Gasteiger partial charge in [0.05, 0.1) is 0 Å². The van der Waals surface area contributed by atoms with Crippen molar-refractivity contribution in [1.82, 2.24) is 39.9 Å². The van der Waals surface area contributed by atoms with E-state index in [2.05, 4.69) is 9.97 Å². The Bertz CT molecular complexity index is 2670. The van der Waals surface area contributed by atoms with Crippen LogP contribution in [0.3, 0.4) is 0 Å². The number of hydrogen-bond donors (Lipinski definition) is 3. The van der Waals surface area contributed by atoms with Crippen molar-refractivity contribution in [3.8, 4) is 45.6 Å². The second-order valence-corrected chi connectivity index (χ2v) is 11.8. The number of hydrogen-bond acceptors (Lipinski definition) is 8. The first kappa shape index (κ1) is 30.3. The van der Waals surface area contributed by atoms with Gasteiger partial charge in [-0.25, -0.2) is 29.9 Å². The van der Waals surface area contributed by atoms with Crippen LogP contribution in [-0.4, -0.2) is 82.4 Å². The van der Waals surface area contributed by atoms with Gasteiger partial charge in [0.25, 0.3) is 10.1 Å². The number of H-pyrrole nitrogens is 2. The minimum absolute atomic E-state index is 0. The van der Waals surface area contributed by atoms with Crippen molar-refractivity contribution in [1.29, 1.82) is 0 Å². The first-order chi connectivity index (χ1) is 21.4. The van der Waals surface area contributed by atoms with Gasteiger partial charge in [0.15, 0.2) is 23.3 Å². The normalized spacial score (nSPS) is 11.8. The first-order valence-corrected chi connectivity index (χ1v) is 15.1. The van der Waals surface area contributed by atoms with Gasteiger partial charge in [0.2, 0.25) is 0 Å². The van der Waals surface area contributed by atoms with Crippen LogP contribution in [0.25, 0.3) is 89.7 Å². The Morgan fingerprint density at radius 1 is 0.478 bits per heavy atom. The average molecular weight is 682 g/mol. The Morgan fingerprint density at radius 2 is 0.848 bits per heavy atom. The molecule has 7 aromatic rings. The molecular formula is C32H19CuN8NaO3S. The number of aromatic amines is 2. The van der Waals surface area contributed by atoms with E-state index < -0.39 is 10.1 Å². The van der Waals surface area contributed by atoms with Crippen molar-refractivity contribution in [2.24, 2.45) is 0 Å². The molecule has 46 heavy (non-hydrogen) atoms. The summed E-state index contributed by atoms with van der Waals surface area (Å²) in [5.74, 6) is 1.60. The molecule has 0 amide bonds. The quantitative estimate of drug-likeness (QED) is 0.151. The zero-order valence-electron chi connectivity index (χ0n) is 22.8. The molecule has 14 heteroatoms. The van der Waals surface area contributed by atoms with Crippen molar-refractivity contribution < 1.29 is 30.0 Å². The van der Waals surface area contributed by atoms with E-state index in [1.165, 1.54) is 6.07 Å². The summed E-state index contributed by atoms with van der Waals surface area (Å²) in [4.78, 5) is 35.4. The van der Waals surface area contributed by atoms with Crippen LogP contribution in [0.15, 0.2) is 95.9 Å². The van der Waals surface area contributed by atoms with Gasteiger partial charge in [-0.05, 0) is 6.07 Å². The SMILES string of the molecule is O=S(=O)(O)c1cccc2c3nc4nc(nc5[nH]c(nc6nc(nc([nH]3)c12)-c1ccccc1-6)c1ccccc51)-c1ccccc1-4.[Cu].[NaH]. The summed E-state index contributed by atoms with van der Waals surface area (Å²) in [5, 5.41) is 2.36. The summed E-state index contributed by atoms with van der Waals surface area (Å²) in [6, 6.07) is 27.6. The molecule has 3 aromatic heterocycles. The predicted molar refractivity (Wildman–Crippen MR) is 173 cm³/mol. The molecule has 0 saturated heterocycles. The fraction of sp³-hybridized carbons (Fsp3) is 0. The van der Waals surface area contributed by atoms with E-state index in [1.54, 1.807) is 12.1 Å². The van der Waals surface area contributed by atoms with E-state index >= 15 is 0 Å². The van der Waals surface area contributed by atoms with E-state index in [-0.39, 0.29) is 62.6 Å². The number of rotatable bonds is 1. The standard InChI is InChI=1S/C32H18N8O3S.Cu.Na.H/c41-44(42,43)23-15-7-14-22-24(23)32-39-30-21-13-6-5-12-20(21)28(37-30)35-26-17-9-2-1-8-16(17)25(33-26)34-27-18-10-3-4-11-19(18)29(36-27)38-31(22)40-32;;;/h1-15H,(H,41,42,43)(H2,33,34,35,36,37,38,39,40);;;. The van der Waals surface area contributed by atoms with E-state index in [1.807, 2.05) is 72.8 Å². The third kappa shape index (κ3) is 4.67. The summed E-state index contributed by atoms with van der Waals surface area (Å²) in [6.07, 6.45) is 0. The fourth-order valence-electron chi connectivity index (χ4n) is 5.87. The second kappa shape index (κ2) is 11.2. The molecule has 223 valence electrons. The van der Waals surface area contributed by atoms with Crippen LogP contribution in [0.2, 0.25) is 0 Å². The fourth-order valence-corrected chi connectivity index (χ4v) is 6.59. The molecule has 2 aliphatic rings. The van der Waals surface area contributed by atoms with Gasteiger partial charge in [-0.1, -0.05) is 84.9 Å². The van der Waals surface area contributed by atoms with Crippen LogP contribution in [0.1, 0.15) is 0 Å². The van der Waals surface area contributed by atoms with Gasteiger partial charge in [0.1, 0.15) is 27.5 Å². The van der Waals surface area contributed by atoms with E-state index in [9.17, 15) is 13.0 Å². The van der Waals surface area contributed by atoms with E-state index in [0.29, 0.717) is 45.6 Å². The topological polar surface area (TPSA) is 163 Å². The Balaban J connectivity index is 0.00000169. The molecule has 0 aliphatic carbocycles. The molecule has 8 bridgehead atoms. The summed E-state index contributed by atoms with van der Waals surface area (Å²) >= 11 is 0. The molecule has 0 spiro atoms. The summed E-state index contributed by atoms with van der Waals surface area (Å²) in [7, 11) is -4.62. The van der Waals surface area contributed by atoms with Crippen LogP contribution in [0, 0.1) is 0 Å². The molecule has 5 heterocycles. The van der Waals surface area contributed by atoms with Gasteiger partial charge < -0.3 is 9.97 Å². The second-order valence-electron chi connectivity index (χ2n) is 10.4. The molecule has 0 saturated carbocycles. The molecular weight excluding hydrogens is 663 g/mol. The van der Waals surface area contributed by atoms with Crippen molar-refractivity contribution in [2.75, 3.05) is 0 Å². The van der Waals surface area contributed by atoms with E-state index in [4.69, 9.17) is 29.9 Å². The molecule has 2 aliphatic heterocycles. The van der Waals surface area contributed by atoms with Gasteiger partial charge in [-0.3, -0.25) is 4.55 Å². The summed E-state index contributed by atoms with van der Waals surface area (Å²) in [5.41, 5.74) is 4.68. The Hall–Kier alpha value is -4.33. The number of nitrogens with zero attached hydrogens (tertiary/aromatic N) is 6. The molecule has 0 fully saturated rings. The van der Waals surface area contributed by atoms with Crippen LogP contribution < -0.4 is 0 Å². The van der Waals surface area contributed by atoms with Crippen molar-refractivity contribution in [3.05, 3.63) is 91.0 Å². The molecule has 9 rings (SSSR count). The Morgan fingerprint density at radius 3 is 1.30 bits per heavy atom. The zero-order chi connectivity index (χ0) is 29.6. The van der Waals surface area contributed by atoms with Crippen LogP contribution >= 0.6 is 0 Å². The Kier molecular flexibility index (Phi) is 7.37. The number of aromatic nitrogens is 8. The molecule has 1 radical (unpaired) electrons. The van der Waals surface area contributed by atoms with Gasteiger partial charge in [-0.15, -0.1) is 0 Å². The van der Waals surface area contributed by atoms with Crippen LogP contribution in [-0.2, 0) is 27.2 Å². The third-order valence-corrected chi connectivity index (χ3v) is 8.72. The molecule has 4 aromatic carbocycles. The zero-order valence-corrected chi connectivity index (χ0v) is 24.6. The van der Waals surface area contributed by atoms with Crippen LogP contribution in [0.5, 0.6) is 0 Å². The maximum absolute atomic E-state index is 12.5. The maximum atomic E-state index is 12.5. The molecule has 3 N–H and O–H groups in total. The van der Waals surface area contributed by atoms with Crippen LogP contribution in [0.4, 0.5) is 0 Å². The monoisotopic (exact) mass is 681 g/mol. The van der Waals surface area contributed by atoms with Gasteiger partial charge in [0, 0.05) is 60.9 Å². The molecule has 0 unspecified atom stereocenters. The molecule has 0 atom stereocenters. The predicted octanol–water partition coefficient (Wildman–Crippen LogP) is 5.46. The van der Waals surface area contributed by atoms with Gasteiger partial charge in [-0.2, -0.15) is 8.42 Å². The van der Waals surface area contributed by atoms with Crippen molar-refractivity contribution in [2.45, 2.75) is 4.90 Å². The number of nitrogens with one attached hydrogen (secondary N) is 2. The van der Waals surface area contributed by atoms with E-state index in [0.717, 1.165) is 33.0 Å². The number of fused-ring (bicyclic) bond motifs is 20. The first-order valence-electron chi connectivity index (χ1n) is 13.6. The number of benzene rings is 4. The van der Waals surface area contributed by atoms with Gasteiger partial charge >= 0.3 is 29.6 Å². The third-order valence-electron chi connectivity index (χ3n) is 7.82. The average Bonchev–Trinajstić information content (AvgIpc) is 3.76.